The van der Waals surface area contributed by atoms with Crippen molar-refractivity contribution in [1.29, 1.82) is 0 Å². The highest BCUT2D eigenvalue weighted by atomic mass is 32.2. The Hall–Kier alpha value is -1.12. The average molecular weight is 390 g/mol. The Kier molecular flexibility index (Phi) is 5.38. The minimum absolute atomic E-state index is 0.0538. The zero-order valence-corrected chi connectivity index (χ0v) is 15.9. The van der Waals surface area contributed by atoms with E-state index < -0.39 is 22.1 Å². The smallest absolute Gasteiger partial charge is 0.300 e. The molecule has 1 saturated carbocycles. The first-order valence-corrected chi connectivity index (χ1v) is 10.4. The van der Waals surface area contributed by atoms with E-state index in [9.17, 15) is 21.6 Å². The Labute approximate surface area is 153 Å². The lowest BCUT2D eigenvalue weighted by molar-refractivity contribution is -0.146. The maximum absolute atomic E-state index is 12.9. The van der Waals surface area contributed by atoms with Gasteiger partial charge in [0.25, 0.3) is 0 Å². The zero-order valence-electron chi connectivity index (χ0n) is 15.0. The Morgan fingerprint density at radius 3 is 2.27 bits per heavy atom. The number of sulfonamides is 1. The molecule has 2 atom stereocenters. The van der Waals surface area contributed by atoms with Crippen molar-refractivity contribution in [2.75, 3.05) is 26.2 Å². The van der Waals surface area contributed by atoms with E-state index in [1.807, 2.05) is 6.92 Å². The summed E-state index contributed by atoms with van der Waals surface area (Å²) >= 11 is 0. The standard InChI is InChI=1S/C18H25F3N2O2S/c1-13-11-22(12-15-3-4-15)9-10-23(13)26(24,25)17-7-5-16(6-8-17)14(2)18(19,20)21/h5-8,13-15H,3-4,9-12H2,1-2H3. The highest BCUT2D eigenvalue weighted by molar-refractivity contribution is 7.89. The predicted octanol–water partition coefficient (Wildman–Crippen LogP) is 3.46. The summed E-state index contributed by atoms with van der Waals surface area (Å²) in [6.45, 7) is 5.79. The summed E-state index contributed by atoms with van der Waals surface area (Å²) in [5.74, 6) is -0.863. The van der Waals surface area contributed by atoms with Gasteiger partial charge in [0.2, 0.25) is 10.0 Å². The highest BCUT2D eigenvalue weighted by Gasteiger charge is 2.38. The molecule has 1 heterocycles. The van der Waals surface area contributed by atoms with Gasteiger partial charge in [0.1, 0.15) is 0 Å². The van der Waals surface area contributed by atoms with E-state index in [1.165, 1.54) is 41.4 Å². The Bertz CT molecular complexity index is 730. The molecule has 2 unspecified atom stereocenters. The minimum Gasteiger partial charge on any atom is -0.300 e. The van der Waals surface area contributed by atoms with E-state index in [2.05, 4.69) is 4.90 Å². The van der Waals surface area contributed by atoms with Gasteiger partial charge in [-0.2, -0.15) is 17.5 Å². The molecular formula is C18H25F3N2O2S. The first-order valence-electron chi connectivity index (χ1n) is 9.00. The molecule has 1 aliphatic carbocycles. The van der Waals surface area contributed by atoms with E-state index in [0.29, 0.717) is 19.6 Å². The van der Waals surface area contributed by atoms with Crippen molar-refractivity contribution in [1.82, 2.24) is 9.21 Å². The molecule has 0 N–H and O–H groups in total. The molecule has 8 heteroatoms. The summed E-state index contributed by atoms with van der Waals surface area (Å²) in [6, 6.07) is 4.95. The van der Waals surface area contributed by atoms with E-state index in [-0.39, 0.29) is 16.5 Å². The number of hydrogen-bond donors (Lipinski definition) is 0. The summed E-state index contributed by atoms with van der Waals surface area (Å²) in [7, 11) is -3.70. The second-order valence-corrected chi connectivity index (χ2v) is 9.39. The monoisotopic (exact) mass is 390 g/mol. The number of benzene rings is 1. The van der Waals surface area contributed by atoms with Gasteiger partial charge in [-0.25, -0.2) is 8.42 Å². The van der Waals surface area contributed by atoms with Crippen molar-refractivity contribution in [2.45, 2.75) is 49.7 Å². The maximum Gasteiger partial charge on any atom is 0.395 e. The van der Waals surface area contributed by atoms with E-state index in [0.717, 1.165) is 19.4 Å². The van der Waals surface area contributed by atoms with Crippen LogP contribution < -0.4 is 0 Å². The SMILES string of the molecule is CC1CN(CC2CC2)CCN1S(=O)(=O)c1ccc(C(C)C(F)(F)F)cc1. The lowest BCUT2D eigenvalue weighted by atomic mass is 10.0. The molecule has 1 saturated heterocycles. The fourth-order valence-electron chi connectivity index (χ4n) is 3.46. The van der Waals surface area contributed by atoms with Gasteiger partial charge in [-0.05, 0) is 50.3 Å². The van der Waals surface area contributed by atoms with Gasteiger partial charge in [-0.1, -0.05) is 12.1 Å². The third-order valence-corrected chi connectivity index (χ3v) is 7.37. The molecular weight excluding hydrogens is 365 g/mol. The summed E-state index contributed by atoms with van der Waals surface area (Å²) in [6.07, 6.45) is -1.82. The molecule has 3 rings (SSSR count). The predicted molar refractivity (Wildman–Crippen MR) is 93.4 cm³/mol. The normalized spacial score (nSPS) is 24.6. The van der Waals surface area contributed by atoms with Crippen molar-refractivity contribution < 1.29 is 21.6 Å². The van der Waals surface area contributed by atoms with Gasteiger partial charge >= 0.3 is 6.18 Å². The van der Waals surface area contributed by atoms with Crippen LogP contribution in [0, 0.1) is 5.92 Å². The summed E-state index contributed by atoms with van der Waals surface area (Å²) in [5, 5.41) is 0. The number of alkyl halides is 3. The van der Waals surface area contributed by atoms with Crippen LogP contribution >= 0.6 is 0 Å². The Balaban J connectivity index is 1.71. The van der Waals surface area contributed by atoms with Gasteiger partial charge < -0.3 is 4.90 Å². The van der Waals surface area contributed by atoms with Crippen molar-refractivity contribution in [3.05, 3.63) is 29.8 Å². The third-order valence-electron chi connectivity index (χ3n) is 5.34. The van der Waals surface area contributed by atoms with Gasteiger partial charge in [0.05, 0.1) is 10.8 Å². The molecule has 2 aliphatic rings. The number of rotatable bonds is 5. The van der Waals surface area contributed by atoms with Crippen LogP contribution in [0.1, 0.15) is 38.2 Å². The molecule has 0 aromatic heterocycles. The van der Waals surface area contributed by atoms with Crippen LogP contribution in [0.2, 0.25) is 0 Å². The van der Waals surface area contributed by atoms with Crippen LogP contribution in [0.4, 0.5) is 13.2 Å². The number of nitrogens with zero attached hydrogens (tertiary/aromatic N) is 2. The third kappa shape index (κ3) is 4.23. The van der Waals surface area contributed by atoms with E-state index in [1.54, 1.807) is 0 Å². The lowest BCUT2D eigenvalue weighted by Crippen LogP contribution is -2.54. The van der Waals surface area contributed by atoms with Crippen molar-refractivity contribution in [2.24, 2.45) is 5.92 Å². The van der Waals surface area contributed by atoms with Crippen LogP contribution in [-0.4, -0.2) is 56.0 Å². The second kappa shape index (κ2) is 7.13. The number of hydrogen-bond acceptors (Lipinski definition) is 3. The van der Waals surface area contributed by atoms with Crippen LogP contribution in [0.3, 0.4) is 0 Å². The van der Waals surface area contributed by atoms with Gasteiger partial charge in [-0.15, -0.1) is 0 Å². The van der Waals surface area contributed by atoms with Gasteiger partial charge in [0, 0.05) is 32.2 Å². The van der Waals surface area contributed by atoms with Crippen LogP contribution in [0.25, 0.3) is 0 Å². The molecule has 26 heavy (non-hydrogen) atoms. The molecule has 0 radical (unpaired) electrons. The molecule has 2 fully saturated rings. The summed E-state index contributed by atoms with van der Waals surface area (Å²) in [5.41, 5.74) is 0.0683. The quantitative estimate of drug-likeness (QED) is 0.773. The van der Waals surface area contributed by atoms with Crippen molar-refractivity contribution >= 4 is 10.0 Å². The highest BCUT2D eigenvalue weighted by Crippen LogP contribution is 2.35. The molecule has 146 valence electrons. The molecule has 1 aliphatic heterocycles. The van der Waals surface area contributed by atoms with Gasteiger partial charge in [0.15, 0.2) is 0 Å². The number of halogens is 3. The summed E-state index contributed by atoms with van der Waals surface area (Å²) < 4.78 is 65.7. The fraction of sp³-hybridized carbons (Fsp3) is 0.667. The van der Waals surface area contributed by atoms with Crippen molar-refractivity contribution in [3.8, 4) is 0 Å². The van der Waals surface area contributed by atoms with Crippen LogP contribution in [0.15, 0.2) is 29.2 Å². The summed E-state index contributed by atoms with van der Waals surface area (Å²) in [4.78, 5) is 2.36. The zero-order chi connectivity index (χ0) is 19.1. The topological polar surface area (TPSA) is 40.6 Å². The molecule has 0 amide bonds. The Morgan fingerprint density at radius 1 is 1.15 bits per heavy atom. The molecule has 1 aromatic carbocycles. The lowest BCUT2D eigenvalue weighted by Gasteiger charge is -2.39. The van der Waals surface area contributed by atoms with Gasteiger partial charge in [-0.3, -0.25) is 0 Å². The van der Waals surface area contributed by atoms with Crippen molar-refractivity contribution in [3.63, 3.8) is 0 Å². The largest absolute Gasteiger partial charge is 0.395 e. The average Bonchev–Trinajstić information content (AvgIpc) is 3.37. The first kappa shape index (κ1) is 19.6. The molecule has 1 aromatic rings. The van der Waals surface area contributed by atoms with E-state index >= 15 is 0 Å². The van der Waals surface area contributed by atoms with Crippen LogP contribution in [-0.2, 0) is 10.0 Å². The van der Waals surface area contributed by atoms with E-state index in [4.69, 9.17) is 0 Å². The molecule has 0 spiro atoms. The first-order chi connectivity index (χ1) is 12.1. The molecule has 0 bridgehead atoms. The second-order valence-electron chi connectivity index (χ2n) is 7.50. The Morgan fingerprint density at radius 2 is 1.77 bits per heavy atom. The maximum atomic E-state index is 12.9. The fourth-order valence-corrected chi connectivity index (χ4v) is 5.07. The van der Waals surface area contributed by atoms with Crippen LogP contribution in [0.5, 0.6) is 0 Å². The molecule has 4 nitrogen and oxygen atoms in total. The number of piperazine rings is 1. The minimum atomic E-state index is -4.34.